The van der Waals surface area contributed by atoms with Crippen LogP contribution in [-0.4, -0.2) is 29.3 Å². The number of hydrogen-bond donors (Lipinski definition) is 1. The van der Waals surface area contributed by atoms with Crippen LogP contribution in [-0.2, 0) is 4.79 Å². The number of primary amides is 1. The Morgan fingerprint density at radius 3 is 2.83 bits per heavy atom. The molecule has 0 spiro atoms. The van der Waals surface area contributed by atoms with Crippen molar-refractivity contribution in [3.63, 3.8) is 0 Å². The Morgan fingerprint density at radius 1 is 1.44 bits per heavy atom. The number of likely N-dealkylation sites (tertiary alicyclic amines) is 1. The van der Waals surface area contributed by atoms with Crippen LogP contribution < -0.4 is 5.73 Å². The third-order valence-corrected chi connectivity index (χ3v) is 3.89. The molecule has 2 N–H and O–H groups in total. The average Bonchev–Trinajstić information content (AvgIpc) is 2.80. The van der Waals surface area contributed by atoms with Gasteiger partial charge in [0.15, 0.2) is 0 Å². The van der Waals surface area contributed by atoms with Crippen molar-refractivity contribution in [3.05, 3.63) is 33.8 Å². The molecule has 1 atom stereocenters. The third kappa shape index (κ3) is 2.41. The Bertz CT molecular complexity index is 502. The number of nitrogens with zero attached hydrogens (tertiary/aromatic N) is 1. The van der Waals surface area contributed by atoms with E-state index in [0.717, 1.165) is 16.5 Å². The number of amides is 2. The first-order chi connectivity index (χ1) is 8.50. The van der Waals surface area contributed by atoms with Gasteiger partial charge in [0.05, 0.1) is 5.56 Å². The molecule has 1 aromatic carbocycles. The molecule has 0 bridgehead atoms. The molecule has 1 saturated heterocycles. The third-order valence-electron chi connectivity index (χ3n) is 3.19. The fourth-order valence-electron chi connectivity index (χ4n) is 2.26. The molecule has 2 rings (SSSR count). The topological polar surface area (TPSA) is 63.4 Å². The molecule has 18 heavy (non-hydrogen) atoms. The Morgan fingerprint density at radius 2 is 2.17 bits per heavy atom. The molecule has 0 aliphatic carbocycles. The van der Waals surface area contributed by atoms with E-state index in [1.54, 1.807) is 4.90 Å². The van der Waals surface area contributed by atoms with Crippen LogP contribution in [0, 0.1) is 6.92 Å². The summed E-state index contributed by atoms with van der Waals surface area (Å²) in [6.45, 7) is 2.52. The lowest BCUT2D eigenvalue weighted by Crippen LogP contribution is -2.43. The van der Waals surface area contributed by atoms with Gasteiger partial charge in [0.1, 0.15) is 6.04 Å². The molecule has 1 aliphatic heterocycles. The monoisotopic (exact) mass is 310 g/mol. The summed E-state index contributed by atoms with van der Waals surface area (Å²) in [6.07, 6.45) is 1.48. The van der Waals surface area contributed by atoms with Crippen LogP contribution in [0.3, 0.4) is 0 Å². The van der Waals surface area contributed by atoms with Gasteiger partial charge < -0.3 is 10.6 Å². The smallest absolute Gasteiger partial charge is 0.255 e. The molecule has 1 heterocycles. The summed E-state index contributed by atoms with van der Waals surface area (Å²) in [4.78, 5) is 25.3. The standard InChI is InChI=1S/C13H15BrN2O2/c1-8-4-5-10(14)9(7-8)13(18)16-6-2-3-11(16)12(15)17/h4-5,7,11H,2-3,6H2,1H3,(H2,15,17). The number of benzene rings is 1. The summed E-state index contributed by atoms with van der Waals surface area (Å²) in [7, 11) is 0. The number of hydrogen-bond acceptors (Lipinski definition) is 2. The van der Waals surface area contributed by atoms with Crippen LogP contribution in [0.2, 0.25) is 0 Å². The fraction of sp³-hybridized carbons (Fsp3) is 0.385. The predicted octanol–water partition coefficient (Wildman–Crippen LogP) is 1.85. The van der Waals surface area contributed by atoms with E-state index >= 15 is 0 Å². The number of rotatable bonds is 2. The second-order valence-corrected chi connectivity index (χ2v) is 5.40. The quantitative estimate of drug-likeness (QED) is 0.906. The van der Waals surface area contributed by atoms with E-state index in [9.17, 15) is 9.59 Å². The van der Waals surface area contributed by atoms with Gasteiger partial charge in [0.25, 0.3) is 5.91 Å². The number of halogens is 1. The van der Waals surface area contributed by atoms with E-state index < -0.39 is 11.9 Å². The Kier molecular flexibility index (Phi) is 3.71. The van der Waals surface area contributed by atoms with Crippen molar-refractivity contribution in [2.24, 2.45) is 5.73 Å². The Hall–Kier alpha value is -1.36. The van der Waals surface area contributed by atoms with E-state index in [1.165, 1.54) is 0 Å². The average molecular weight is 311 g/mol. The molecule has 4 nitrogen and oxygen atoms in total. The fourth-order valence-corrected chi connectivity index (χ4v) is 2.68. The highest BCUT2D eigenvalue weighted by molar-refractivity contribution is 9.10. The number of nitrogens with two attached hydrogens (primary N) is 1. The van der Waals surface area contributed by atoms with Crippen LogP contribution >= 0.6 is 15.9 Å². The van der Waals surface area contributed by atoms with E-state index in [4.69, 9.17) is 5.73 Å². The molecular weight excluding hydrogens is 296 g/mol. The van der Waals surface area contributed by atoms with Crippen molar-refractivity contribution >= 4 is 27.7 Å². The van der Waals surface area contributed by atoms with Gasteiger partial charge in [-0.1, -0.05) is 11.6 Å². The first kappa shape index (κ1) is 13.1. The molecule has 96 valence electrons. The largest absolute Gasteiger partial charge is 0.368 e. The second-order valence-electron chi connectivity index (χ2n) is 4.54. The molecule has 1 unspecified atom stereocenters. The van der Waals surface area contributed by atoms with Gasteiger partial charge in [-0.2, -0.15) is 0 Å². The van der Waals surface area contributed by atoms with Crippen molar-refractivity contribution in [1.82, 2.24) is 4.90 Å². The second kappa shape index (κ2) is 5.10. The van der Waals surface area contributed by atoms with Gasteiger partial charge in [0, 0.05) is 11.0 Å². The summed E-state index contributed by atoms with van der Waals surface area (Å²) in [6, 6.07) is 5.13. The number of aryl methyl sites for hydroxylation is 1. The Balaban J connectivity index is 2.31. The molecule has 2 amide bonds. The maximum Gasteiger partial charge on any atom is 0.255 e. The van der Waals surface area contributed by atoms with E-state index in [-0.39, 0.29) is 5.91 Å². The SMILES string of the molecule is Cc1ccc(Br)c(C(=O)N2CCCC2C(N)=O)c1. The van der Waals surface area contributed by atoms with E-state index in [0.29, 0.717) is 18.5 Å². The normalized spacial score (nSPS) is 19.0. The van der Waals surface area contributed by atoms with Crippen LogP contribution in [0.4, 0.5) is 0 Å². The Labute approximate surface area is 114 Å². The molecule has 1 fully saturated rings. The van der Waals surface area contributed by atoms with Crippen molar-refractivity contribution in [2.45, 2.75) is 25.8 Å². The molecule has 5 heteroatoms. The van der Waals surface area contributed by atoms with Gasteiger partial charge in [0.2, 0.25) is 5.91 Å². The highest BCUT2D eigenvalue weighted by Crippen LogP contribution is 2.24. The van der Waals surface area contributed by atoms with Gasteiger partial charge in [-0.15, -0.1) is 0 Å². The highest BCUT2D eigenvalue weighted by Gasteiger charge is 2.33. The molecule has 1 aromatic rings. The molecule has 0 saturated carbocycles. The maximum atomic E-state index is 12.4. The lowest BCUT2D eigenvalue weighted by Gasteiger charge is -2.22. The predicted molar refractivity (Wildman–Crippen MR) is 72.1 cm³/mol. The lowest BCUT2D eigenvalue weighted by molar-refractivity contribution is -0.121. The minimum Gasteiger partial charge on any atom is -0.368 e. The van der Waals surface area contributed by atoms with Gasteiger partial charge >= 0.3 is 0 Å². The van der Waals surface area contributed by atoms with Gasteiger partial charge in [-0.25, -0.2) is 0 Å². The van der Waals surface area contributed by atoms with Crippen LogP contribution in [0.1, 0.15) is 28.8 Å². The summed E-state index contributed by atoms with van der Waals surface area (Å²) in [5.74, 6) is -0.559. The van der Waals surface area contributed by atoms with Crippen LogP contribution in [0.25, 0.3) is 0 Å². The maximum absolute atomic E-state index is 12.4. The zero-order valence-corrected chi connectivity index (χ0v) is 11.7. The van der Waals surface area contributed by atoms with Crippen molar-refractivity contribution in [1.29, 1.82) is 0 Å². The van der Waals surface area contributed by atoms with Crippen LogP contribution in [0.15, 0.2) is 22.7 Å². The minimum absolute atomic E-state index is 0.133. The first-order valence-electron chi connectivity index (χ1n) is 5.87. The molecule has 0 radical (unpaired) electrons. The van der Waals surface area contributed by atoms with Crippen molar-refractivity contribution in [3.8, 4) is 0 Å². The molecular formula is C13H15BrN2O2. The summed E-state index contributed by atoms with van der Waals surface area (Å²) in [5.41, 5.74) is 6.92. The van der Waals surface area contributed by atoms with E-state index in [2.05, 4.69) is 15.9 Å². The molecule has 0 aromatic heterocycles. The van der Waals surface area contributed by atoms with Crippen LogP contribution in [0.5, 0.6) is 0 Å². The summed E-state index contributed by atoms with van der Waals surface area (Å²) in [5, 5.41) is 0. The number of carbonyl (C=O) groups is 2. The number of carbonyl (C=O) groups excluding carboxylic acids is 2. The summed E-state index contributed by atoms with van der Waals surface area (Å²) >= 11 is 3.37. The zero-order valence-electron chi connectivity index (χ0n) is 10.1. The van der Waals surface area contributed by atoms with Gasteiger partial charge in [-0.3, -0.25) is 9.59 Å². The zero-order chi connectivity index (χ0) is 13.3. The van der Waals surface area contributed by atoms with Gasteiger partial charge in [-0.05, 0) is 47.8 Å². The highest BCUT2D eigenvalue weighted by atomic mass is 79.9. The van der Waals surface area contributed by atoms with E-state index in [1.807, 2.05) is 25.1 Å². The van der Waals surface area contributed by atoms with Crippen molar-refractivity contribution in [2.75, 3.05) is 6.54 Å². The molecule has 1 aliphatic rings. The van der Waals surface area contributed by atoms with Crippen molar-refractivity contribution < 1.29 is 9.59 Å². The summed E-state index contributed by atoms with van der Waals surface area (Å²) < 4.78 is 0.744. The minimum atomic E-state index is -0.468. The lowest BCUT2D eigenvalue weighted by atomic mass is 10.1. The first-order valence-corrected chi connectivity index (χ1v) is 6.66.